The molecule has 2 heterocycles. The Morgan fingerprint density at radius 1 is 0.367 bits per heavy atom. The third kappa shape index (κ3) is 4.60. The van der Waals surface area contributed by atoms with Crippen molar-refractivity contribution in [2.75, 3.05) is 0 Å². The van der Waals surface area contributed by atoms with Gasteiger partial charge >= 0.3 is 0 Å². The van der Waals surface area contributed by atoms with Crippen LogP contribution in [0.4, 0.5) is 0 Å². The van der Waals surface area contributed by atoms with E-state index < -0.39 is 5.41 Å². The van der Waals surface area contributed by atoms with Crippen LogP contribution in [-0.4, -0.2) is 10.2 Å². The molecule has 0 fully saturated rings. The van der Waals surface area contributed by atoms with E-state index in [0.717, 1.165) is 33.4 Å². The molecule has 49 heavy (non-hydrogen) atoms. The SMILES string of the molecule is Oc1ccc(C2(c3ccc(O)c(-c4ccccc4)c3)c3c(-c4cccs4)cccc3-c3cccc(-c4cccs4)c32)cc1-c1ccccc1. The number of phenolic OH excluding ortho intramolecular Hbond substituents is 2. The second kappa shape index (κ2) is 11.8. The fraction of sp³-hybridized carbons (Fsp3) is 0.0222. The van der Waals surface area contributed by atoms with Crippen molar-refractivity contribution in [1.29, 1.82) is 0 Å². The van der Waals surface area contributed by atoms with Gasteiger partial charge in [0.25, 0.3) is 0 Å². The van der Waals surface area contributed by atoms with Crippen molar-refractivity contribution in [3.63, 3.8) is 0 Å². The smallest absolute Gasteiger partial charge is 0.123 e. The predicted octanol–water partition coefficient (Wildman–Crippen LogP) is 12.3. The van der Waals surface area contributed by atoms with Crippen molar-refractivity contribution < 1.29 is 10.2 Å². The van der Waals surface area contributed by atoms with Crippen LogP contribution in [0.2, 0.25) is 0 Å². The molecule has 9 rings (SSSR count). The largest absolute Gasteiger partial charge is 0.507 e. The van der Waals surface area contributed by atoms with E-state index in [1.807, 2.05) is 72.8 Å². The van der Waals surface area contributed by atoms with E-state index in [9.17, 15) is 10.2 Å². The van der Waals surface area contributed by atoms with Crippen LogP contribution in [0.3, 0.4) is 0 Å². The number of rotatable bonds is 6. The van der Waals surface area contributed by atoms with Crippen LogP contribution in [0.5, 0.6) is 11.5 Å². The first kappa shape index (κ1) is 29.5. The zero-order valence-corrected chi connectivity index (χ0v) is 28.0. The van der Waals surface area contributed by atoms with E-state index >= 15 is 0 Å². The van der Waals surface area contributed by atoms with Crippen LogP contribution in [0.1, 0.15) is 22.3 Å². The Hall–Kier alpha value is -5.68. The highest BCUT2D eigenvalue weighted by Gasteiger charge is 2.50. The molecule has 0 spiro atoms. The van der Waals surface area contributed by atoms with E-state index in [2.05, 4.69) is 95.7 Å². The normalized spacial score (nSPS) is 12.8. The summed E-state index contributed by atoms with van der Waals surface area (Å²) in [5.41, 5.74) is 11.8. The van der Waals surface area contributed by atoms with Gasteiger partial charge in [-0.2, -0.15) is 0 Å². The van der Waals surface area contributed by atoms with Crippen LogP contribution in [0.15, 0.2) is 168 Å². The molecule has 0 saturated heterocycles. The van der Waals surface area contributed by atoms with Gasteiger partial charge < -0.3 is 10.2 Å². The number of aromatic hydroxyl groups is 2. The third-order valence-electron chi connectivity index (χ3n) is 9.77. The van der Waals surface area contributed by atoms with E-state index in [4.69, 9.17) is 0 Å². The molecule has 1 aliphatic rings. The average molecular weight is 667 g/mol. The topological polar surface area (TPSA) is 40.5 Å². The molecule has 8 aromatic rings. The molecule has 6 aromatic carbocycles. The maximum Gasteiger partial charge on any atom is 0.123 e. The maximum absolute atomic E-state index is 11.4. The van der Waals surface area contributed by atoms with Gasteiger partial charge in [0, 0.05) is 20.9 Å². The summed E-state index contributed by atoms with van der Waals surface area (Å²) in [4.78, 5) is 2.38. The molecule has 0 radical (unpaired) electrons. The van der Waals surface area contributed by atoms with E-state index in [1.54, 1.807) is 22.7 Å². The Labute approximate surface area is 293 Å². The molecular formula is C45H30O2S2. The molecular weight excluding hydrogens is 637 g/mol. The minimum Gasteiger partial charge on any atom is -0.507 e. The van der Waals surface area contributed by atoms with Crippen LogP contribution in [-0.2, 0) is 5.41 Å². The molecule has 0 amide bonds. The van der Waals surface area contributed by atoms with Crippen LogP contribution in [0, 0.1) is 0 Å². The number of benzene rings is 6. The fourth-order valence-corrected chi connectivity index (χ4v) is 9.26. The Balaban J connectivity index is 1.48. The summed E-state index contributed by atoms with van der Waals surface area (Å²) in [5, 5.41) is 27.0. The summed E-state index contributed by atoms with van der Waals surface area (Å²) < 4.78 is 0. The van der Waals surface area contributed by atoms with E-state index in [1.165, 1.54) is 43.1 Å². The number of fused-ring (bicyclic) bond motifs is 3. The first-order valence-electron chi connectivity index (χ1n) is 16.3. The number of thiophene rings is 2. The molecule has 0 bridgehead atoms. The number of phenols is 2. The summed E-state index contributed by atoms with van der Waals surface area (Å²) >= 11 is 3.48. The Kier molecular flexibility index (Phi) is 7.08. The minimum absolute atomic E-state index is 0.234. The summed E-state index contributed by atoms with van der Waals surface area (Å²) in [7, 11) is 0. The lowest BCUT2D eigenvalue weighted by atomic mass is 9.64. The van der Waals surface area contributed by atoms with Crippen molar-refractivity contribution in [3.05, 3.63) is 191 Å². The van der Waals surface area contributed by atoms with Gasteiger partial charge in [0.15, 0.2) is 0 Å². The van der Waals surface area contributed by atoms with Gasteiger partial charge in [-0.05, 0) is 103 Å². The van der Waals surface area contributed by atoms with Gasteiger partial charge in [-0.1, -0.05) is 121 Å². The average Bonchev–Trinajstić information content (AvgIpc) is 3.94. The van der Waals surface area contributed by atoms with Gasteiger partial charge in [0.05, 0.1) is 5.41 Å². The monoisotopic (exact) mass is 666 g/mol. The lowest BCUT2D eigenvalue weighted by molar-refractivity contribution is 0.477. The molecule has 0 atom stereocenters. The zero-order chi connectivity index (χ0) is 33.0. The minimum atomic E-state index is -0.819. The van der Waals surface area contributed by atoms with E-state index in [0.29, 0.717) is 0 Å². The number of hydrogen-bond acceptors (Lipinski definition) is 4. The van der Waals surface area contributed by atoms with Gasteiger partial charge in [-0.15, -0.1) is 22.7 Å². The summed E-state index contributed by atoms with van der Waals surface area (Å²) in [6.45, 7) is 0. The van der Waals surface area contributed by atoms with Gasteiger partial charge in [0.1, 0.15) is 11.5 Å². The summed E-state index contributed by atoms with van der Waals surface area (Å²) in [6, 6.07) is 54.4. The molecule has 1 aliphatic carbocycles. The lowest BCUT2D eigenvalue weighted by Crippen LogP contribution is -2.30. The highest BCUT2D eigenvalue weighted by Crippen LogP contribution is 2.62. The maximum atomic E-state index is 11.4. The highest BCUT2D eigenvalue weighted by atomic mass is 32.1. The zero-order valence-electron chi connectivity index (χ0n) is 26.4. The Morgan fingerprint density at radius 3 is 1.20 bits per heavy atom. The van der Waals surface area contributed by atoms with Crippen molar-refractivity contribution in [1.82, 2.24) is 0 Å². The lowest BCUT2D eigenvalue weighted by Gasteiger charge is -2.37. The van der Waals surface area contributed by atoms with Gasteiger partial charge in [-0.3, -0.25) is 0 Å². The Bertz CT molecular complexity index is 2270. The first-order chi connectivity index (χ1) is 24.1. The van der Waals surface area contributed by atoms with Crippen molar-refractivity contribution in [3.8, 4) is 65.8 Å². The third-order valence-corrected chi connectivity index (χ3v) is 11.6. The quantitative estimate of drug-likeness (QED) is 0.185. The Morgan fingerprint density at radius 2 is 0.796 bits per heavy atom. The molecule has 2 nitrogen and oxygen atoms in total. The standard InChI is InChI=1S/C45H30O2S2/c46-39-23-21-31(27-37(39)29-11-3-1-4-12-29)45(32-22-24-40(47)38(28-32)30-13-5-2-6-14-30)43-33(15-7-17-35(43)41-19-9-25-48-41)34-16-8-18-36(44(34)45)42-20-10-26-49-42/h1-28,46-47H. The molecule has 2 aromatic heterocycles. The van der Waals surface area contributed by atoms with Crippen molar-refractivity contribution in [2.24, 2.45) is 0 Å². The molecule has 0 aliphatic heterocycles. The summed E-state index contributed by atoms with van der Waals surface area (Å²) in [5.74, 6) is 0.467. The molecule has 0 unspecified atom stereocenters. The number of hydrogen-bond donors (Lipinski definition) is 2. The van der Waals surface area contributed by atoms with Crippen LogP contribution < -0.4 is 0 Å². The second-order valence-corrected chi connectivity index (χ2v) is 14.3. The van der Waals surface area contributed by atoms with Crippen LogP contribution in [0.25, 0.3) is 54.3 Å². The molecule has 0 saturated carbocycles. The molecule has 2 N–H and O–H groups in total. The predicted molar refractivity (Wildman–Crippen MR) is 205 cm³/mol. The first-order valence-corrected chi connectivity index (χ1v) is 18.0. The van der Waals surface area contributed by atoms with Crippen molar-refractivity contribution in [2.45, 2.75) is 5.41 Å². The summed E-state index contributed by atoms with van der Waals surface area (Å²) in [6.07, 6.45) is 0. The fourth-order valence-electron chi connectivity index (χ4n) is 7.74. The van der Waals surface area contributed by atoms with Crippen molar-refractivity contribution >= 4 is 22.7 Å². The van der Waals surface area contributed by atoms with Gasteiger partial charge in [0.2, 0.25) is 0 Å². The second-order valence-electron chi connectivity index (χ2n) is 12.4. The van der Waals surface area contributed by atoms with E-state index in [-0.39, 0.29) is 11.5 Å². The highest BCUT2D eigenvalue weighted by molar-refractivity contribution is 7.13. The van der Waals surface area contributed by atoms with Gasteiger partial charge in [-0.25, -0.2) is 0 Å². The molecule has 234 valence electrons. The van der Waals surface area contributed by atoms with Crippen LogP contribution >= 0.6 is 22.7 Å². The molecule has 4 heteroatoms.